The van der Waals surface area contributed by atoms with Crippen molar-refractivity contribution < 1.29 is 4.79 Å². The minimum atomic E-state index is -0.209. The number of hydrogen-bond acceptors (Lipinski definition) is 5. The van der Waals surface area contributed by atoms with Crippen LogP contribution in [0.25, 0.3) is 16.2 Å². The van der Waals surface area contributed by atoms with Crippen LogP contribution in [-0.4, -0.2) is 32.4 Å². The summed E-state index contributed by atoms with van der Waals surface area (Å²) < 4.78 is 1.79. The van der Waals surface area contributed by atoms with Gasteiger partial charge in [0.1, 0.15) is 5.69 Å². The number of rotatable bonds is 5. The van der Waals surface area contributed by atoms with Crippen LogP contribution in [-0.2, 0) is 6.42 Å². The largest absolute Gasteiger partial charge is 0.338 e. The summed E-state index contributed by atoms with van der Waals surface area (Å²) >= 11 is 1.65. The van der Waals surface area contributed by atoms with E-state index >= 15 is 0 Å². The second-order valence-electron chi connectivity index (χ2n) is 5.94. The molecule has 2 N–H and O–H groups in total. The van der Waals surface area contributed by atoms with E-state index in [4.69, 9.17) is 0 Å². The van der Waals surface area contributed by atoms with Crippen LogP contribution in [0.2, 0.25) is 0 Å². The van der Waals surface area contributed by atoms with Crippen LogP contribution in [0, 0.1) is 0 Å². The number of carbonyl (C=O) groups excluding carboxylic acids is 1. The number of nitrogens with one attached hydrogen (secondary N) is 2. The van der Waals surface area contributed by atoms with Gasteiger partial charge < -0.3 is 10.6 Å². The van der Waals surface area contributed by atoms with Crippen LogP contribution >= 0.6 is 11.3 Å². The molecule has 4 rings (SSSR count). The van der Waals surface area contributed by atoms with E-state index in [0.29, 0.717) is 13.0 Å². The highest BCUT2D eigenvalue weighted by molar-refractivity contribution is 7.13. The average Bonchev–Trinajstić information content (AvgIpc) is 3.34. The number of carbonyl (C=O) groups is 1. The van der Waals surface area contributed by atoms with Crippen LogP contribution in [0.4, 0.5) is 10.5 Å². The molecule has 0 aliphatic carbocycles. The molecule has 27 heavy (non-hydrogen) atoms. The maximum Gasteiger partial charge on any atom is 0.319 e. The van der Waals surface area contributed by atoms with Crippen LogP contribution in [0.5, 0.6) is 0 Å². The first-order valence-electron chi connectivity index (χ1n) is 8.62. The van der Waals surface area contributed by atoms with Gasteiger partial charge in [0, 0.05) is 18.7 Å². The number of amides is 2. The Bertz CT molecular complexity index is 1060. The predicted octanol–water partition coefficient (Wildman–Crippen LogP) is 3.59. The lowest BCUT2D eigenvalue weighted by Gasteiger charge is -2.07. The summed E-state index contributed by atoms with van der Waals surface area (Å²) in [5.41, 5.74) is 3.43. The van der Waals surface area contributed by atoms with Crippen LogP contribution in [0.1, 0.15) is 18.3 Å². The van der Waals surface area contributed by atoms with Gasteiger partial charge in [-0.15, -0.1) is 21.5 Å². The lowest BCUT2D eigenvalue weighted by Crippen LogP contribution is -2.28. The molecule has 7 nitrogen and oxygen atoms in total. The number of fused-ring (bicyclic) bond motifs is 1. The zero-order valence-electron chi connectivity index (χ0n) is 14.7. The zero-order chi connectivity index (χ0) is 18.6. The topological polar surface area (TPSA) is 84.2 Å². The maximum absolute atomic E-state index is 11.6. The predicted molar refractivity (Wildman–Crippen MR) is 106 cm³/mol. The molecule has 0 unspecified atom stereocenters. The molecule has 0 atom stereocenters. The fourth-order valence-corrected chi connectivity index (χ4v) is 3.41. The third kappa shape index (κ3) is 3.80. The van der Waals surface area contributed by atoms with Crippen molar-refractivity contribution in [2.24, 2.45) is 0 Å². The number of nitrogens with zero attached hydrogens (tertiary/aromatic N) is 4. The molecule has 0 saturated heterocycles. The Labute approximate surface area is 160 Å². The highest BCUT2D eigenvalue weighted by atomic mass is 32.1. The first-order valence-corrected chi connectivity index (χ1v) is 9.50. The third-order valence-electron chi connectivity index (χ3n) is 4.01. The maximum atomic E-state index is 11.6. The fourth-order valence-electron chi connectivity index (χ4n) is 2.72. The van der Waals surface area contributed by atoms with E-state index in [1.54, 1.807) is 15.9 Å². The van der Waals surface area contributed by atoms with Crippen molar-refractivity contribution in [2.75, 3.05) is 11.9 Å². The Morgan fingerprint density at radius 3 is 2.70 bits per heavy atom. The molecular weight excluding hydrogens is 360 g/mol. The Morgan fingerprint density at radius 1 is 1.11 bits per heavy atom. The highest BCUT2D eigenvalue weighted by Crippen LogP contribution is 2.23. The first-order chi connectivity index (χ1) is 13.2. The lowest BCUT2D eigenvalue weighted by molar-refractivity contribution is 0.252. The molecule has 0 aliphatic rings. The first kappa shape index (κ1) is 17.2. The van der Waals surface area contributed by atoms with Crippen molar-refractivity contribution in [1.82, 2.24) is 25.1 Å². The molecule has 0 spiro atoms. The fraction of sp³-hybridized carbons (Fsp3) is 0.158. The summed E-state index contributed by atoms with van der Waals surface area (Å²) in [6.45, 7) is 2.47. The lowest BCUT2D eigenvalue weighted by atomic mass is 10.1. The molecule has 136 valence electrons. The van der Waals surface area contributed by atoms with Gasteiger partial charge in [0.2, 0.25) is 0 Å². The van der Waals surface area contributed by atoms with E-state index in [-0.39, 0.29) is 6.03 Å². The van der Waals surface area contributed by atoms with Gasteiger partial charge in [0.25, 0.3) is 0 Å². The molecule has 0 radical (unpaired) electrons. The van der Waals surface area contributed by atoms with Gasteiger partial charge >= 0.3 is 6.03 Å². The van der Waals surface area contributed by atoms with E-state index in [1.165, 1.54) is 0 Å². The van der Waals surface area contributed by atoms with Gasteiger partial charge in [-0.2, -0.15) is 9.61 Å². The van der Waals surface area contributed by atoms with E-state index in [9.17, 15) is 4.79 Å². The van der Waals surface area contributed by atoms with E-state index in [2.05, 4.69) is 25.9 Å². The summed E-state index contributed by atoms with van der Waals surface area (Å²) in [4.78, 5) is 12.7. The zero-order valence-corrected chi connectivity index (χ0v) is 15.5. The van der Waals surface area contributed by atoms with E-state index in [0.717, 1.165) is 33.3 Å². The van der Waals surface area contributed by atoms with Crippen molar-refractivity contribution in [2.45, 2.75) is 13.3 Å². The second-order valence-corrected chi connectivity index (χ2v) is 6.89. The molecule has 0 fully saturated rings. The molecular formula is C19H18N6OS. The normalized spacial score (nSPS) is 10.9. The Kier molecular flexibility index (Phi) is 4.80. The molecule has 3 aromatic heterocycles. The molecule has 2 amide bonds. The van der Waals surface area contributed by atoms with Crippen LogP contribution in [0.3, 0.4) is 0 Å². The molecule has 8 heteroatoms. The van der Waals surface area contributed by atoms with Crippen LogP contribution < -0.4 is 10.6 Å². The van der Waals surface area contributed by atoms with E-state index < -0.39 is 0 Å². The number of hydrogen-bond donors (Lipinski definition) is 2. The summed E-state index contributed by atoms with van der Waals surface area (Å²) in [7, 11) is 0. The molecule has 4 aromatic rings. The Morgan fingerprint density at radius 2 is 1.96 bits per heavy atom. The van der Waals surface area contributed by atoms with E-state index in [1.807, 2.05) is 60.8 Å². The highest BCUT2D eigenvalue weighted by Gasteiger charge is 2.10. The van der Waals surface area contributed by atoms with Gasteiger partial charge in [-0.1, -0.05) is 18.2 Å². The van der Waals surface area contributed by atoms with Gasteiger partial charge in [-0.05, 0) is 48.2 Å². The van der Waals surface area contributed by atoms with Crippen LogP contribution in [0.15, 0.2) is 53.9 Å². The summed E-state index contributed by atoms with van der Waals surface area (Å²) in [6, 6.07) is 15.4. The Hall–Kier alpha value is -3.26. The molecule has 1 aromatic carbocycles. The second kappa shape index (κ2) is 7.55. The molecule has 0 saturated carbocycles. The number of anilines is 1. The Balaban J connectivity index is 1.54. The smallest absolute Gasteiger partial charge is 0.319 e. The quantitative estimate of drug-likeness (QED) is 0.556. The van der Waals surface area contributed by atoms with Gasteiger partial charge in [-0.3, -0.25) is 0 Å². The minimum Gasteiger partial charge on any atom is -0.338 e. The van der Waals surface area contributed by atoms with Crippen molar-refractivity contribution >= 4 is 28.7 Å². The summed E-state index contributed by atoms with van der Waals surface area (Å²) in [6.07, 6.45) is 0.601. The molecule has 3 heterocycles. The number of aromatic nitrogens is 4. The average molecular weight is 378 g/mol. The third-order valence-corrected chi connectivity index (χ3v) is 4.90. The molecule has 0 bridgehead atoms. The van der Waals surface area contributed by atoms with Gasteiger partial charge in [0.05, 0.1) is 4.88 Å². The monoisotopic (exact) mass is 378 g/mol. The number of benzene rings is 1. The van der Waals surface area contributed by atoms with Crippen molar-refractivity contribution in [3.63, 3.8) is 0 Å². The van der Waals surface area contributed by atoms with Crippen molar-refractivity contribution in [3.8, 4) is 10.6 Å². The molecule has 0 aliphatic heterocycles. The number of thiophene rings is 1. The van der Waals surface area contributed by atoms with Gasteiger partial charge in [0.15, 0.2) is 11.5 Å². The number of urea groups is 1. The summed E-state index contributed by atoms with van der Waals surface area (Å²) in [5, 5.41) is 20.7. The SMILES string of the molecule is CCNC(=O)Nc1ccc(Cc2nnc3ccc(-c4cccs4)nn23)cc1. The standard InChI is InChI=1S/C19H18N6OS/c1-2-20-19(26)21-14-7-5-13(6-8-14)12-18-23-22-17-10-9-15(24-25(17)18)16-4-3-11-27-16/h3-11H,2,12H2,1H3,(H2,20,21,26). The van der Waals surface area contributed by atoms with Crippen molar-refractivity contribution in [3.05, 3.63) is 65.3 Å². The van der Waals surface area contributed by atoms with Gasteiger partial charge in [-0.25, -0.2) is 4.79 Å². The minimum absolute atomic E-state index is 0.209. The van der Waals surface area contributed by atoms with Crippen molar-refractivity contribution in [1.29, 1.82) is 0 Å². The summed E-state index contributed by atoms with van der Waals surface area (Å²) in [5.74, 6) is 0.771.